The van der Waals surface area contributed by atoms with Gasteiger partial charge in [0.1, 0.15) is 0 Å². The molecule has 0 aliphatic carbocycles. The Balaban J connectivity index is 1.61. The predicted octanol–water partition coefficient (Wildman–Crippen LogP) is 2.15. The van der Waals surface area contributed by atoms with Gasteiger partial charge < -0.3 is 14.5 Å². The van der Waals surface area contributed by atoms with Gasteiger partial charge in [0.25, 0.3) is 0 Å². The number of carbonyl (C=O) groups is 2. The van der Waals surface area contributed by atoms with E-state index < -0.39 is 0 Å². The van der Waals surface area contributed by atoms with Crippen LogP contribution in [0.5, 0.6) is 0 Å². The maximum atomic E-state index is 12.6. The SMILES string of the molecule is C[C@@H]1CN(C(=O)CCC(=O)N2CCOCC2)c2ccccc2S1. The van der Waals surface area contributed by atoms with E-state index >= 15 is 0 Å². The molecule has 1 atom stereocenters. The summed E-state index contributed by atoms with van der Waals surface area (Å²) in [5.41, 5.74) is 0.972. The summed E-state index contributed by atoms with van der Waals surface area (Å²) >= 11 is 1.80. The molecule has 2 aliphatic rings. The van der Waals surface area contributed by atoms with Gasteiger partial charge in [0.15, 0.2) is 0 Å². The van der Waals surface area contributed by atoms with E-state index in [1.165, 1.54) is 0 Å². The first-order valence-electron chi connectivity index (χ1n) is 8.06. The highest BCUT2D eigenvalue weighted by molar-refractivity contribution is 8.00. The lowest BCUT2D eigenvalue weighted by molar-refractivity contribution is -0.136. The molecule has 0 N–H and O–H groups in total. The molecule has 3 rings (SSSR count). The lowest BCUT2D eigenvalue weighted by Gasteiger charge is -2.33. The van der Waals surface area contributed by atoms with Crippen molar-refractivity contribution in [2.24, 2.45) is 0 Å². The monoisotopic (exact) mass is 334 g/mol. The van der Waals surface area contributed by atoms with E-state index in [9.17, 15) is 9.59 Å². The van der Waals surface area contributed by atoms with Gasteiger partial charge in [0.2, 0.25) is 11.8 Å². The normalized spacial score (nSPS) is 21.0. The van der Waals surface area contributed by atoms with E-state index in [1.807, 2.05) is 23.1 Å². The van der Waals surface area contributed by atoms with Crippen LogP contribution in [0.4, 0.5) is 5.69 Å². The van der Waals surface area contributed by atoms with Crippen LogP contribution < -0.4 is 4.90 Å². The van der Waals surface area contributed by atoms with Crippen LogP contribution in [0.2, 0.25) is 0 Å². The maximum Gasteiger partial charge on any atom is 0.227 e. The van der Waals surface area contributed by atoms with Crippen molar-refractivity contribution < 1.29 is 14.3 Å². The molecule has 6 heteroatoms. The number of morpholine rings is 1. The van der Waals surface area contributed by atoms with E-state index in [-0.39, 0.29) is 24.7 Å². The first-order valence-corrected chi connectivity index (χ1v) is 8.94. The molecule has 0 unspecified atom stereocenters. The standard InChI is InChI=1S/C17H22N2O3S/c1-13-12-19(14-4-2-3-5-15(14)23-13)17(21)7-6-16(20)18-8-10-22-11-9-18/h2-5,13H,6-12H2,1H3/t13-/m1/s1. The molecule has 0 aromatic heterocycles. The molecule has 2 aliphatic heterocycles. The molecule has 0 bridgehead atoms. The van der Waals surface area contributed by atoms with Crippen molar-refractivity contribution in [3.63, 3.8) is 0 Å². The number of fused-ring (bicyclic) bond motifs is 1. The fourth-order valence-corrected chi connectivity index (χ4v) is 4.06. The highest BCUT2D eigenvalue weighted by Gasteiger charge is 2.27. The van der Waals surface area contributed by atoms with Crippen LogP contribution in [-0.2, 0) is 14.3 Å². The summed E-state index contributed by atoms with van der Waals surface area (Å²) in [6.07, 6.45) is 0.543. The average molecular weight is 334 g/mol. The summed E-state index contributed by atoms with van der Waals surface area (Å²) in [5.74, 6) is 0.0839. The number of nitrogens with zero attached hydrogens (tertiary/aromatic N) is 2. The van der Waals surface area contributed by atoms with Gasteiger partial charge in [0.05, 0.1) is 18.9 Å². The Bertz CT molecular complexity index is 587. The van der Waals surface area contributed by atoms with Gasteiger partial charge in [-0.15, -0.1) is 11.8 Å². The molecular weight excluding hydrogens is 312 g/mol. The minimum Gasteiger partial charge on any atom is -0.378 e. The van der Waals surface area contributed by atoms with Crippen LogP contribution in [0, 0.1) is 0 Å². The van der Waals surface area contributed by atoms with Gasteiger partial charge in [-0.1, -0.05) is 19.1 Å². The minimum absolute atomic E-state index is 0.0335. The van der Waals surface area contributed by atoms with Gasteiger partial charge >= 0.3 is 0 Å². The third-order valence-electron chi connectivity index (χ3n) is 4.14. The highest BCUT2D eigenvalue weighted by Crippen LogP contribution is 2.38. The number of hydrogen-bond acceptors (Lipinski definition) is 4. The van der Waals surface area contributed by atoms with Crippen molar-refractivity contribution in [3.05, 3.63) is 24.3 Å². The molecule has 1 aromatic carbocycles. The van der Waals surface area contributed by atoms with Crippen LogP contribution in [0.25, 0.3) is 0 Å². The van der Waals surface area contributed by atoms with E-state index in [1.54, 1.807) is 16.7 Å². The van der Waals surface area contributed by atoms with Crippen molar-refractivity contribution in [1.82, 2.24) is 4.90 Å². The molecule has 2 heterocycles. The average Bonchev–Trinajstić information content (AvgIpc) is 2.59. The van der Waals surface area contributed by atoms with Crippen molar-refractivity contribution in [1.29, 1.82) is 0 Å². The molecule has 0 spiro atoms. The lowest BCUT2D eigenvalue weighted by atomic mass is 10.2. The van der Waals surface area contributed by atoms with E-state index in [2.05, 4.69) is 13.0 Å². The first kappa shape index (κ1) is 16.3. The molecule has 0 radical (unpaired) electrons. The Hall–Kier alpha value is -1.53. The number of anilines is 1. The van der Waals surface area contributed by atoms with Crippen molar-refractivity contribution in [2.75, 3.05) is 37.7 Å². The van der Waals surface area contributed by atoms with Crippen LogP contribution in [0.1, 0.15) is 19.8 Å². The zero-order valence-corrected chi connectivity index (χ0v) is 14.2. The molecule has 1 aromatic rings. The van der Waals surface area contributed by atoms with Crippen LogP contribution in [0.3, 0.4) is 0 Å². The zero-order chi connectivity index (χ0) is 16.2. The number of carbonyl (C=O) groups excluding carboxylic acids is 2. The van der Waals surface area contributed by atoms with Crippen molar-refractivity contribution in [3.8, 4) is 0 Å². The second-order valence-electron chi connectivity index (χ2n) is 5.89. The van der Waals surface area contributed by atoms with Gasteiger partial charge in [-0.25, -0.2) is 0 Å². The van der Waals surface area contributed by atoms with Gasteiger partial charge in [-0.3, -0.25) is 9.59 Å². The topological polar surface area (TPSA) is 49.9 Å². The number of hydrogen-bond donors (Lipinski definition) is 0. The number of rotatable bonds is 3. The molecule has 2 amide bonds. The second kappa shape index (κ2) is 7.36. The summed E-state index contributed by atoms with van der Waals surface area (Å²) in [6.45, 7) is 5.27. The first-order chi connectivity index (χ1) is 11.1. The quantitative estimate of drug-likeness (QED) is 0.850. The molecule has 124 valence electrons. The summed E-state index contributed by atoms with van der Waals surface area (Å²) < 4.78 is 5.25. The predicted molar refractivity (Wildman–Crippen MR) is 90.7 cm³/mol. The Morgan fingerprint density at radius 3 is 2.65 bits per heavy atom. The Morgan fingerprint density at radius 2 is 1.87 bits per heavy atom. The fraction of sp³-hybridized carbons (Fsp3) is 0.529. The molecular formula is C17H22N2O3S. The smallest absolute Gasteiger partial charge is 0.227 e. The van der Waals surface area contributed by atoms with Crippen molar-refractivity contribution >= 4 is 29.3 Å². The minimum atomic E-state index is 0.0335. The zero-order valence-electron chi connectivity index (χ0n) is 13.4. The molecule has 0 saturated carbocycles. The highest BCUT2D eigenvalue weighted by atomic mass is 32.2. The summed E-state index contributed by atoms with van der Waals surface area (Å²) in [5, 5.41) is 0.365. The Morgan fingerprint density at radius 1 is 1.17 bits per heavy atom. The largest absolute Gasteiger partial charge is 0.378 e. The summed E-state index contributed by atoms with van der Waals surface area (Å²) in [7, 11) is 0. The van der Waals surface area contributed by atoms with Crippen molar-refractivity contribution in [2.45, 2.75) is 29.9 Å². The fourth-order valence-electron chi connectivity index (χ4n) is 2.95. The van der Waals surface area contributed by atoms with E-state index in [0.717, 1.165) is 10.6 Å². The Labute approximate surface area is 141 Å². The molecule has 23 heavy (non-hydrogen) atoms. The summed E-state index contributed by atoms with van der Waals surface area (Å²) in [6, 6.07) is 7.98. The lowest BCUT2D eigenvalue weighted by Crippen LogP contribution is -2.42. The number of ether oxygens (including phenoxy) is 1. The van der Waals surface area contributed by atoms with Crippen LogP contribution >= 0.6 is 11.8 Å². The molecule has 1 saturated heterocycles. The number of para-hydroxylation sites is 1. The van der Waals surface area contributed by atoms with Gasteiger partial charge in [-0.05, 0) is 12.1 Å². The number of benzene rings is 1. The Kier molecular flexibility index (Phi) is 5.23. The van der Waals surface area contributed by atoms with E-state index in [4.69, 9.17) is 4.74 Å². The van der Waals surface area contributed by atoms with Crippen LogP contribution in [0.15, 0.2) is 29.2 Å². The third-order valence-corrected chi connectivity index (χ3v) is 5.29. The maximum absolute atomic E-state index is 12.6. The number of thioether (sulfide) groups is 1. The number of amides is 2. The third kappa shape index (κ3) is 3.87. The van der Waals surface area contributed by atoms with E-state index in [0.29, 0.717) is 38.1 Å². The van der Waals surface area contributed by atoms with Gasteiger partial charge in [0, 0.05) is 42.6 Å². The van der Waals surface area contributed by atoms with Gasteiger partial charge in [-0.2, -0.15) is 0 Å². The molecule has 5 nitrogen and oxygen atoms in total. The molecule has 1 fully saturated rings. The second-order valence-corrected chi connectivity index (χ2v) is 7.37. The summed E-state index contributed by atoms with van der Waals surface area (Å²) in [4.78, 5) is 29.6. The van der Waals surface area contributed by atoms with Crippen LogP contribution in [-0.4, -0.2) is 54.8 Å².